The van der Waals surface area contributed by atoms with Crippen LogP contribution in [0.1, 0.15) is 37.5 Å². The SMILES string of the molecule is CC1CCCCN1C(=O)Cn1cc(/C=C2/C(=O)NC(=S)N(Cc3ccco3)C2=O)c2ccccc21. The first-order valence-electron chi connectivity index (χ1n) is 11.7. The summed E-state index contributed by atoms with van der Waals surface area (Å²) in [5, 5.41) is 3.49. The zero-order valence-electron chi connectivity index (χ0n) is 19.4. The van der Waals surface area contributed by atoms with Crippen LogP contribution in [0.15, 0.2) is 58.8 Å². The summed E-state index contributed by atoms with van der Waals surface area (Å²) in [6.45, 7) is 3.18. The Morgan fingerprint density at radius 2 is 2.03 bits per heavy atom. The molecule has 0 saturated carbocycles. The molecule has 1 aromatic carbocycles. The van der Waals surface area contributed by atoms with E-state index in [1.54, 1.807) is 18.2 Å². The van der Waals surface area contributed by atoms with Gasteiger partial charge in [-0.2, -0.15) is 0 Å². The van der Waals surface area contributed by atoms with E-state index in [0.29, 0.717) is 11.3 Å². The van der Waals surface area contributed by atoms with Crippen molar-refractivity contribution >= 4 is 52.0 Å². The van der Waals surface area contributed by atoms with Crippen LogP contribution in [0.3, 0.4) is 0 Å². The Bertz CT molecular complexity index is 1340. The predicted molar refractivity (Wildman–Crippen MR) is 135 cm³/mol. The van der Waals surface area contributed by atoms with Gasteiger partial charge in [0.25, 0.3) is 11.8 Å². The largest absolute Gasteiger partial charge is 0.467 e. The average Bonchev–Trinajstić information content (AvgIpc) is 3.48. The van der Waals surface area contributed by atoms with Crippen molar-refractivity contribution in [1.82, 2.24) is 19.7 Å². The second kappa shape index (κ2) is 9.50. The van der Waals surface area contributed by atoms with Crippen LogP contribution >= 0.6 is 12.2 Å². The summed E-state index contributed by atoms with van der Waals surface area (Å²) in [4.78, 5) is 42.3. The minimum atomic E-state index is -0.550. The smallest absolute Gasteiger partial charge is 0.266 e. The lowest BCUT2D eigenvalue weighted by molar-refractivity contribution is -0.135. The Morgan fingerprint density at radius 1 is 1.20 bits per heavy atom. The van der Waals surface area contributed by atoms with Crippen molar-refractivity contribution < 1.29 is 18.8 Å². The van der Waals surface area contributed by atoms with E-state index < -0.39 is 11.8 Å². The van der Waals surface area contributed by atoms with Gasteiger partial charge in [-0.25, -0.2) is 0 Å². The molecule has 2 fully saturated rings. The number of carbonyl (C=O) groups is 3. The normalized spacial score (nSPS) is 20.1. The Balaban J connectivity index is 1.47. The monoisotopic (exact) mass is 490 g/mol. The van der Waals surface area contributed by atoms with Gasteiger partial charge in [0.15, 0.2) is 5.11 Å². The number of nitrogens with zero attached hydrogens (tertiary/aromatic N) is 3. The van der Waals surface area contributed by atoms with Gasteiger partial charge in [-0.05, 0) is 62.7 Å². The van der Waals surface area contributed by atoms with Crippen LogP contribution in [0.4, 0.5) is 0 Å². The maximum absolute atomic E-state index is 13.2. The molecule has 4 heterocycles. The molecule has 0 radical (unpaired) electrons. The van der Waals surface area contributed by atoms with Gasteiger partial charge in [0, 0.05) is 35.2 Å². The van der Waals surface area contributed by atoms with Crippen molar-refractivity contribution in [3.8, 4) is 0 Å². The van der Waals surface area contributed by atoms with Gasteiger partial charge in [-0.1, -0.05) is 18.2 Å². The average molecular weight is 491 g/mol. The van der Waals surface area contributed by atoms with Gasteiger partial charge in [0.1, 0.15) is 17.9 Å². The maximum Gasteiger partial charge on any atom is 0.266 e. The lowest BCUT2D eigenvalue weighted by Gasteiger charge is -2.33. The number of fused-ring (bicyclic) bond motifs is 1. The lowest BCUT2D eigenvalue weighted by atomic mass is 10.0. The van der Waals surface area contributed by atoms with Crippen LogP contribution in [-0.2, 0) is 27.5 Å². The highest BCUT2D eigenvalue weighted by Gasteiger charge is 2.34. The van der Waals surface area contributed by atoms with Crippen molar-refractivity contribution in [2.24, 2.45) is 0 Å². The van der Waals surface area contributed by atoms with Crippen LogP contribution in [-0.4, -0.2) is 49.8 Å². The quantitative estimate of drug-likeness (QED) is 0.336. The fraction of sp³-hybridized carbons (Fsp3) is 0.308. The second-order valence-electron chi connectivity index (χ2n) is 8.95. The molecule has 0 spiro atoms. The minimum Gasteiger partial charge on any atom is -0.467 e. The summed E-state index contributed by atoms with van der Waals surface area (Å²) in [7, 11) is 0. The zero-order valence-corrected chi connectivity index (χ0v) is 20.2. The van der Waals surface area contributed by atoms with Gasteiger partial charge in [-0.15, -0.1) is 0 Å². The predicted octanol–water partition coefficient (Wildman–Crippen LogP) is 3.46. The van der Waals surface area contributed by atoms with E-state index in [-0.39, 0.29) is 35.7 Å². The summed E-state index contributed by atoms with van der Waals surface area (Å²) in [5.41, 5.74) is 1.53. The van der Waals surface area contributed by atoms with E-state index in [1.807, 2.05) is 39.9 Å². The second-order valence-corrected chi connectivity index (χ2v) is 9.34. The number of para-hydroxylation sites is 1. The standard InChI is InChI=1S/C26H26N4O4S/c1-17-7-4-5-11-29(17)23(31)16-28-14-18(20-9-2-3-10-22(20)28)13-21-24(32)27-26(35)30(25(21)33)15-19-8-6-12-34-19/h2-3,6,8-10,12-14,17H,4-5,7,11,15-16H2,1H3,(H,27,32,35)/b21-13-. The number of benzene rings is 1. The molecule has 3 amide bonds. The Morgan fingerprint density at radius 3 is 2.80 bits per heavy atom. The molecular weight excluding hydrogens is 464 g/mol. The van der Waals surface area contributed by atoms with E-state index in [0.717, 1.165) is 36.7 Å². The van der Waals surface area contributed by atoms with Crippen LogP contribution in [0, 0.1) is 0 Å². The number of rotatable bonds is 5. The van der Waals surface area contributed by atoms with Gasteiger partial charge in [0.2, 0.25) is 5.91 Å². The summed E-state index contributed by atoms with van der Waals surface area (Å²) in [6, 6.07) is 11.4. The third-order valence-electron chi connectivity index (χ3n) is 6.63. The molecule has 3 aromatic rings. The first-order chi connectivity index (χ1) is 16.9. The van der Waals surface area contributed by atoms with Crippen molar-refractivity contribution in [1.29, 1.82) is 0 Å². The van der Waals surface area contributed by atoms with E-state index in [9.17, 15) is 14.4 Å². The van der Waals surface area contributed by atoms with Crippen LogP contribution in [0.5, 0.6) is 0 Å². The Kier molecular flexibility index (Phi) is 6.25. The third kappa shape index (κ3) is 4.51. The molecule has 2 saturated heterocycles. The summed E-state index contributed by atoms with van der Waals surface area (Å²) < 4.78 is 7.23. The summed E-state index contributed by atoms with van der Waals surface area (Å²) in [5.74, 6) is -0.423. The maximum atomic E-state index is 13.2. The molecule has 0 bridgehead atoms. The number of furan rings is 1. The topological polar surface area (TPSA) is 87.8 Å². The third-order valence-corrected chi connectivity index (χ3v) is 6.95. The Labute approximate surface area is 208 Å². The van der Waals surface area contributed by atoms with E-state index in [4.69, 9.17) is 16.6 Å². The highest BCUT2D eigenvalue weighted by molar-refractivity contribution is 7.80. The molecule has 2 aliphatic rings. The Hall–Kier alpha value is -3.72. The molecule has 8 nitrogen and oxygen atoms in total. The summed E-state index contributed by atoms with van der Waals surface area (Å²) >= 11 is 5.23. The molecule has 9 heteroatoms. The van der Waals surface area contributed by atoms with E-state index >= 15 is 0 Å². The van der Waals surface area contributed by atoms with Crippen molar-refractivity contribution in [3.05, 3.63) is 65.8 Å². The van der Waals surface area contributed by atoms with Crippen molar-refractivity contribution in [2.75, 3.05) is 6.54 Å². The molecule has 1 N–H and O–H groups in total. The van der Waals surface area contributed by atoms with Crippen molar-refractivity contribution in [2.45, 2.75) is 45.3 Å². The highest BCUT2D eigenvalue weighted by Crippen LogP contribution is 2.26. The number of aromatic nitrogens is 1. The molecule has 1 unspecified atom stereocenters. The molecule has 5 rings (SSSR count). The molecular formula is C26H26N4O4S. The number of thiocarbonyl (C=S) groups is 1. The molecule has 2 aromatic heterocycles. The number of amides is 3. The fourth-order valence-electron chi connectivity index (χ4n) is 4.78. The van der Waals surface area contributed by atoms with Gasteiger partial charge >= 0.3 is 0 Å². The number of piperidine rings is 1. The summed E-state index contributed by atoms with van der Waals surface area (Å²) in [6.07, 6.45) is 8.10. The van der Waals surface area contributed by atoms with E-state index in [1.165, 1.54) is 11.2 Å². The number of hydrogen-bond acceptors (Lipinski definition) is 5. The molecule has 2 aliphatic heterocycles. The highest BCUT2D eigenvalue weighted by atomic mass is 32.1. The van der Waals surface area contributed by atoms with E-state index in [2.05, 4.69) is 12.2 Å². The number of likely N-dealkylation sites (tertiary alicyclic amines) is 1. The van der Waals surface area contributed by atoms with Crippen LogP contribution in [0.2, 0.25) is 0 Å². The van der Waals surface area contributed by atoms with Crippen molar-refractivity contribution in [3.63, 3.8) is 0 Å². The van der Waals surface area contributed by atoms with Gasteiger partial charge < -0.3 is 13.9 Å². The number of hydrogen-bond donors (Lipinski definition) is 1. The first-order valence-corrected chi connectivity index (χ1v) is 12.1. The van der Waals surface area contributed by atoms with Gasteiger partial charge in [0.05, 0.1) is 12.8 Å². The van der Waals surface area contributed by atoms with Crippen LogP contribution < -0.4 is 5.32 Å². The first kappa shape index (κ1) is 23.0. The molecule has 35 heavy (non-hydrogen) atoms. The fourth-order valence-corrected chi connectivity index (χ4v) is 5.02. The molecule has 180 valence electrons. The van der Waals surface area contributed by atoms with Gasteiger partial charge in [-0.3, -0.25) is 24.6 Å². The van der Waals surface area contributed by atoms with Crippen LogP contribution in [0.25, 0.3) is 17.0 Å². The zero-order chi connectivity index (χ0) is 24.5. The lowest BCUT2D eigenvalue weighted by Crippen LogP contribution is -2.53. The molecule has 1 atom stereocenters. The minimum absolute atomic E-state index is 0.0240. The number of nitrogens with one attached hydrogen (secondary N) is 1. The number of carbonyl (C=O) groups excluding carboxylic acids is 3. The molecule has 0 aliphatic carbocycles.